The van der Waals surface area contributed by atoms with Gasteiger partial charge in [-0.05, 0) is 0 Å². The van der Waals surface area contributed by atoms with Crippen LogP contribution in [0.3, 0.4) is 0 Å². The Morgan fingerprint density at radius 2 is 1.43 bits per heavy atom. The Hall–Kier alpha value is -3.52. The van der Waals surface area contributed by atoms with Crippen LogP contribution >= 0.6 is 15.6 Å². The molecule has 23 heteroatoms. The van der Waals surface area contributed by atoms with Gasteiger partial charge in [0.1, 0.15) is 11.4 Å². The Morgan fingerprint density at radius 3 is 1.84 bits per heavy atom. The third-order valence-corrected chi connectivity index (χ3v) is 5.30. The zero-order chi connectivity index (χ0) is 28.0. The minimum atomic E-state index is -5.67. The van der Waals surface area contributed by atoms with E-state index in [1.165, 1.54) is 0 Å². The molecular weight excluding hydrogens is 550 g/mol. The van der Waals surface area contributed by atoms with E-state index >= 15 is 0 Å². The van der Waals surface area contributed by atoms with Crippen molar-refractivity contribution in [2.75, 3.05) is 35.3 Å². The van der Waals surface area contributed by atoms with Crippen molar-refractivity contribution in [1.29, 1.82) is 0 Å². The largest absolute Gasteiger partial charge is 0.756 e. The number of rotatable bonds is 12. The molecule has 0 aliphatic rings. The number of carbonyl (C=O) groups is 2. The summed E-state index contributed by atoms with van der Waals surface area (Å²) in [6.45, 7) is -2.73. The van der Waals surface area contributed by atoms with Crippen LogP contribution in [0.25, 0.3) is 0 Å². The molecule has 0 aromatic carbocycles. The maximum atomic E-state index is 12.3. The van der Waals surface area contributed by atoms with Gasteiger partial charge in [0.05, 0.1) is 25.6 Å². The summed E-state index contributed by atoms with van der Waals surface area (Å²) in [5, 5.41) is 13.1. The fraction of sp³-hybridized carbons (Fsp3) is 0.286. The molecule has 2 heterocycles. The van der Waals surface area contributed by atoms with Crippen LogP contribution < -0.4 is 43.0 Å². The number of hydrogen-bond acceptors (Lipinski definition) is 16. The van der Waals surface area contributed by atoms with Crippen molar-refractivity contribution in [1.82, 2.24) is 19.9 Å². The van der Waals surface area contributed by atoms with Crippen molar-refractivity contribution in [2.45, 2.75) is 12.2 Å². The van der Waals surface area contributed by atoms with Gasteiger partial charge in [0.2, 0.25) is 0 Å². The monoisotopic (exact) mass is 568 g/mol. The number of phosphoric acid groups is 2. The van der Waals surface area contributed by atoms with Crippen LogP contribution in [0.5, 0.6) is 0 Å². The standard InChI is InChI=1S/C14H20N8O13P2/c15-13-17-1-5(9(24)21-13)19-11(26)7(3-23)35-37(31,32)33-4-8(34-36(28,29)30)12(27)20-6-2-18-14(16)22-10(6)25/h1-2,7-8,23H,3-4H2,(H,19,26)(H,20,27)(H,31,32)(H2,28,29,30)(H3,15,17,21,24)(H3,16,18,22,25)/p-2/t7-,8-/m1/s1. The average molecular weight is 568 g/mol. The number of nitrogen functional groups attached to an aromatic ring is 2. The number of aromatic amines is 2. The summed E-state index contributed by atoms with van der Waals surface area (Å²) in [6.07, 6.45) is -3.02. The van der Waals surface area contributed by atoms with E-state index in [0.717, 1.165) is 12.4 Å². The van der Waals surface area contributed by atoms with Crippen LogP contribution in [0.2, 0.25) is 0 Å². The first-order chi connectivity index (χ1) is 17.1. The number of nitrogens with zero attached hydrogens (tertiary/aromatic N) is 2. The van der Waals surface area contributed by atoms with Crippen LogP contribution in [0, 0.1) is 0 Å². The Labute approximate surface area is 204 Å². The molecule has 4 atom stereocenters. The molecule has 0 radical (unpaired) electrons. The molecule has 2 aromatic rings. The molecule has 21 nitrogen and oxygen atoms in total. The van der Waals surface area contributed by atoms with Crippen molar-refractivity contribution in [3.8, 4) is 0 Å². The molecule has 37 heavy (non-hydrogen) atoms. The number of hydrogen-bond donors (Lipinski definition) is 8. The molecule has 204 valence electrons. The lowest BCUT2D eigenvalue weighted by atomic mass is 10.3. The fourth-order valence-corrected chi connectivity index (χ4v) is 3.58. The zero-order valence-electron chi connectivity index (χ0n) is 18.1. The van der Waals surface area contributed by atoms with E-state index < -0.39 is 75.4 Å². The predicted octanol–water partition coefficient (Wildman–Crippen LogP) is -4.70. The molecule has 0 aliphatic heterocycles. The van der Waals surface area contributed by atoms with Crippen LogP contribution in [-0.2, 0) is 32.3 Å². The maximum absolute atomic E-state index is 12.3. The van der Waals surface area contributed by atoms with Gasteiger partial charge in [0.15, 0.2) is 24.1 Å². The molecule has 0 bridgehead atoms. The summed E-state index contributed by atoms with van der Waals surface area (Å²) in [7, 11) is -11.3. The predicted molar refractivity (Wildman–Crippen MR) is 116 cm³/mol. The second-order valence-electron chi connectivity index (χ2n) is 6.58. The fourth-order valence-electron chi connectivity index (χ4n) is 2.25. The van der Waals surface area contributed by atoms with Gasteiger partial charge in [0, 0.05) is 0 Å². The van der Waals surface area contributed by atoms with E-state index in [9.17, 15) is 43.2 Å². The highest BCUT2D eigenvalue weighted by Gasteiger charge is 2.30. The van der Waals surface area contributed by atoms with Crippen molar-refractivity contribution < 1.29 is 52.1 Å². The quantitative estimate of drug-likeness (QED) is 0.111. The van der Waals surface area contributed by atoms with Gasteiger partial charge in [-0.15, -0.1) is 0 Å². The summed E-state index contributed by atoms with van der Waals surface area (Å²) in [5.74, 6) is -3.49. The third kappa shape index (κ3) is 9.46. The molecule has 0 aliphatic carbocycles. The van der Waals surface area contributed by atoms with Gasteiger partial charge in [0.25, 0.3) is 38.6 Å². The Balaban J connectivity index is 2.10. The highest BCUT2D eigenvalue weighted by atomic mass is 31.2. The highest BCUT2D eigenvalue weighted by molar-refractivity contribution is 7.46. The molecular formula is C14H18N8O13P2-2. The first kappa shape index (κ1) is 29.7. The lowest BCUT2D eigenvalue weighted by molar-refractivity contribution is -0.237. The van der Waals surface area contributed by atoms with E-state index in [-0.39, 0.29) is 11.9 Å². The van der Waals surface area contributed by atoms with E-state index in [1.54, 1.807) is 0 Å². The number of amides is 2. The lowest BCUT2D eigenvalue weighted by Crippen LogP contribution is -2.38. The molecule has 0 saturated heterocycles. The van der Waals surface area contributed by atoms with E-state index in [0.29, 0.717) is 0 Å². The molecule has 2 rings (SSSR count). The molecule has 0 spiro atoms. The number of aliphatic hydroxyl groups excluding tert-OH is 1. The Morgan fingerprint density at radius 1 is 0.973 bits per heavy atom. The van der Waals surface area contributed by atoms with Crippen molar-refractivity contribution in [2.24, 2.45) is 0 Å². The summed E-state index contributed by atoms with van der Waals surface area (Å²) in [5.41, 5.74) is 7.51. The average Bonchev–Trinajstić information content (AvgIpc) is 2.78. The minimum absolute atomic E-state index is 0.293. The minimum Gasteiger partial charge on any atom is -0.756 e. The number of carbonyl (C=O) groups excluding carboxylic acids is 2. The van der Waals surface area contributed by atoms with E-state index in [4.69, 9.17) is 16.4 Å². The number of nitrogens with two attached hydrogens (primary N) is 2. The Kier molecular flexibility index (Phi) is 9.75. The van der Waals surface area contributed by atoms with Crippen LogP contribution in [-0.4, -0.2) is 67.2 Å². The number of anilines is 4. The van der Waals surface area contributed by atoms with Crippen LogP contribution in [0.1, 0.15) is 0 Å². The Bertz CT molecular complexity index is 1360. The number of aromatic nitrogens is 4. The molecule has 0 fully saturated rings. The molecule has 0 saturated carbocycles. The van der Waals surface area contributed by atoms with Crippen molar-refractivity contribution in [3.05, 3.63) is 33.1 Å². The van der Waals surface area contributed by atoms with E-state index in [2.05, 4.69) is 23.5 Å². The SMILES string of the molecule is Nc1ncc(NC(=O)[C@@H](COP(=O)([O-])O[C@H](CO)C(=O)Nc2cnc(N)[nH]c2=O)OP(=O)([O-])O)c(=O)[nH]1. The number of H-pyrrole nitrogens is 2. The smallest absolute Gasteiger partial charge is 0.276 e. The van der Waals surface area contributed by atoms with Crippen molar-refractivity contribution >= 4 is 50.7 Å². The summed E-state index contributed by atoms with van der Waals surface area (Å²) < 4.78 is 36.0. The van der Waals surface area contributed by atoms with Crippen LogP contribution in [0.15, 0.2) is 22.0 Å². The second kappa shape index (κ2) is 12.1. The van der Waals surface area contributed by atoms with Gasteiger partial charge in [-0.1, -0.05) is 0 Å². The topological polar surface area (TPSA) is 350 Å². The number of aliphatic hydroxyl groups is 1. The lowest BCUT2D eigenvalue weighted by Gasteiger charge is -2.29. The van der Waals surface area contributed by atoms with Gasteiger partial charge in [-0.2, -0.15) is 0 Å². The second-order valence-corrected chi connectivity index (χ2v) is 9.09. The zero-order valence-corrected chi connectivity index (χ0v) is 19.8. The molecule has 10 N–H and O–H groups in total. The molecule has 2 amide bonds. The van der Waals surface area contributed by atoms with Gasteiger partial charge >= 0.3 is 0 Å². The van der Waals surface area contributed by atoms with E-state index in [1.807, 2.05) is 20.6 Å². The number of nitrogens with one attached hydrogen (secondary N) is 4. The molecule has 2 unspecified atom stereocenters. The van der Waals surface area contributed by atoms with Crippen molar-refractivity contribution in [3.63, 3.8) is 0 Å². The van der Waals surface area contributed by atoms with Gasteiger partial charge in [-0.3, -0.25) is 38.3 Å². The van der Waals surface area contributed by atoms with Gasteiger partial charge < -0.3 is 55.5 Å². The normalized spacial score (nSPS) is 16.1. The summed E-state index contributed by atoms with van der Waals surface area (Å²) in [6, 6.07) is 0. The first-order valence-corrected chi connectivity index (χ1v) is 12.3. The first-order valence-electron chi connectivity index (χ1n) is 9.38. The van der Waals surface area contributed by atoms with Gasteiger partial charge in [-0.25, -0.2) is 9.97 Å². The maximum Gasteiger partial charge on any atom is 0.276 e. The summed E-state index contributed by atoms with van der Waals surface area (Å²) in [4.78, 5) is 91.1. The highest BCUT2D eigenvalue weighted by Crippen LogP contribution is 2.41. The molecule has 2 aromatic heterocycles. The van der Waals surface area contributed by atoms with Crippen LogP contribution in [0.4, 0.5) is 23.3 Å². The summed E-state index contributed by atoms with van der Waals surface area (Å²) >= 11 is 0. The number of phosphoric ester groups is 2. The third-order valence-electron chi connectivity index (χ3n) is 3.81.